The normalized spacial score (nSPS) is 14.2. The molecule has 0 aliphatic carbocycles. The van der Waals surface area contributed by atoms with Crippen molar-refractivity contribution >= 4 is 52.9 Å². The van der Waals surface area contributed by atoms with Crippen LogP contribution < -0.4 is 9.58 Å². The van der Waals surface area contributed by atoms with Crippen molar-refractivity contribution in [1.29, 1.82) is 0 Å². The van der Waals surface area contributed by atoms with E-state index in [2.05, 4.69) is 73.3 Å². The van der Waals surface area contributed by atoms with Crippen LogP contribution in [0.5, 0.6) is 0 Å². The summed E-state index contributed by atoms with van der Waals surface area (Å²) < 4.78 is 32.3. The average Bonchev–Trinajstić information content (AvgIpc) is 3.19. The Labute approximate surface area is 210 Å². The zero-order chi connectivity index (χ0) is 26.8. The first-order chi connectivity index (χ1) is 17.2. The fraction of sp³-hybridized carbons (Fsp3) is 0.233. The summed E-state index contributed by atoms with van der Waals surface area (Å²) >= 11 is -1.98. The molecule has 0 aliphatic heterocycles. The summed E-state index contributed by atoms with van der Waals surface area (Å²) in [5, 5.41) is 3.43. The van der Waals surface area contributed by atoms with Gasteiger partial charge in [0.25, 0.3) is 0 Å². The van der Waals surface area contributed by atoms with E-state index in [1.165, 1.54) is 9.58 Å². The first-order valence-corrected chi connectivity index (χ1v) is 22.6. The van der Waals surface area contributed by atoms with Crippen LogP contribution in [0.25, 0.3) is 44.3 Å². The predicted octanol–water partition coefficient (Wildman–Crippen LogP) is 7.71. The molecule has 0 unspecified atom stereocenters. The van der Waals surface area contributed by atoms with E-state index in [4.69, 9.17) is 13.5 Å². The van der Waals surface area contributed by atoms with E-state index in [0.717, 1.165) is 33.1 Å². The molecule has 0 aliphatic rings. The third-order valence-corrected chi connectivity index (χ3v) is 13.0. The SMILES string of the molecule is [2H]C([2H])([2H])c1cc(-c2ccc3oc4c[c]([Ge]([CH3])([CH3])[CH3])ccc4c3c2)ncc1-c1ccc([Si](C)(C)C)cc1. The van der Waals surface area contributed by atoms with Crippen molar-refractivity contribution in [3.8, 4) is 22.4 Å². The number of hydrogen-bond donors (Lipinski definition) is 0. The number of aromatic nitrogens is 1. The molecule has 0 N–H and O–H groups in total. The summed E-state index contributed by atoms with van der Waals surface area (Å²) in [6.07, 6.45) is 1.71. The summed E-state index contributed by atoms with van der Waals surface area (Å²) in [6.45, 7) is 4.65. The zero-order valence-electron chi connectivity index (χ0n) is 23.8. The monoisotopic (exact) mass is 528 g/mol. The van der Waals surface area contributed by atoms with Gasteiger partial charge in [-0.05, 0) is 0 Å². The van der Waals surface area contributed by atoms with E-state index in [1.807, 2.05) is 24.3 Å². The Balaban J connectivity index is 1.60. The van der Waals surface area contributed by atoms with Crippen LogP contribution >= 0.6 is 0 Å². The van der Waals surface area contributed by atoms with E-state index in [-0.39, 0.29) is 0 Å². The minimum Gasteiger partial charge on any atom is -0.0656 e. The van der Waals surface area contributed by atoms with Gasteiger partial charge in [-0.2, -0.15) is 0 Å². The number of fused-ring (bicyclic) bond motifs is 3. The molecule has 2 aromatic heterocycles. The van der Waals surface area contributed by atoms with Gasteiger partial charge in [0.05, 0.1) is 8.07 Å². The molecule has 0 fully saturated rings. The number of nitrogens with zero attached hydrogens (tertiary/aromatic N) is 1. The second kappa shape index (κ2) is 8.24. The van der Waals surface area contributed by atoms with Gasteiger partial charge in [-0.3, -0.25) is 0 Å². The molecule has 0 saturated heterocycles. The molecular formula is C30H33GeNOSi. The first-order valence-electron chi connectivity index (χ1n) is 13.3. The van der Waals surface area contributed by atoms with Crippen molar-refractivity contribution in [3.63, 3.8) is 0 Å². The van der Waals surface area contributed by atoms with Crippen LogP contribution in [0.1, 0.15) is 9.68 Å². The van der Waals surface area contributed by atoms with Crippen LogP contribution in [0, 0.1) is 6.85 Å². The Morgan fingerprint density at radius 1 is 0.794 bits per heavy atom. The fourth-order valence-corrected chi connectivity index (χ4v) is 7.97. The second-order valence-corrected chi connectivity index (χ2v) is 26.9. The van der Waals surface area contributed by atoms with Gasteiger partial charge in [-0.25, -0.2) is 0 Å². The number of benzene rings is 3. The van der Waals surface area contributed by atoms with Gasteiger partial charge in [0.15, 0.2) is 0 Å². The smallest absolute Gasteiger partial charge is 0.0656 e. The third-order valence-electron chi connectivity index (χ3n) is 6.60. The van der Waals surface area contributed by atoms with Gasteiger partial charge in [-0.15, -0.1) is 0 Å². The van der Waals surface area contributed by atoms with Crippen molar-refractivity contribution in [2.24, 2.45) is 0 Å². The summed E-state index contributed by atoms with van der Waals surface area (Å²) in [6, 6.07) is 22.6. The third kappa shape index (κ3) is 4.27. The molecule has 34 heavy (non-hydrogen) atoms. The summed E-state index contributed by atoms with van der Waals surface area (Å²) in [7, 11) is -1.44. The van der Waals surface area contributed by atoms with Crippen LogP contribution in [0.4, 0.5) is 0 Å². The molecule has 0 amide bonds. The average molecular weight is 527 g/mol. The number of furan rings is 1. The van der Waals surface area contributed by atoms with E-state index in [0.29, 0.717) is 16.8 Å². The van der Waals surface area contributed by atoms with Crippen LogP contribution in [0.3, 0.4) is 0 Å². The van der Waals surface area contributed by atoms with Crippen LogP contribution in [-0.2, 0) is 0 Å². The Kier molecular flexibility index (Phi) is 4.77. The molecule has 0 saturated carbocycles. The molecular weight excluding hydrogens is 491 g/mol. The Morgan fingerprint density at radius 3 is 2.21 bits per heavy atom. The topological polar surface area (TPSA) is 26.0 Å². The van der Waals surface area contributed by atoms with E-state index in [9.17, 15) is 0 Å². The van der Waals surface area contributed by atoms with Crippen LogP contribution in [0.15, 0.2) is 77.3 Å². The van der Waals surface area contributed by atoms with Crippen molar-refractivity contribution in [2.45, 2.75) is 43.8 Å². The van der Waals surface area contributed by atoms with E-state index >= 15 is 0 Å². The Hall–Kier alpha value is -2.63. The molecule has 4 heteroatoms. The molecule has 0 atom stereocenters. The molecule has 172 valence electrons. The summed E-state index contributed by atoms with van der Waals surface area (Å²) in [5.41, 5.74) is 5.09. The van der Waals surface area contributed by atoms with E-state index in [1.54, 1.807) is 12.3 Å². The van der Waals surface area contributed by atoms with Crippen LogP contribution in [-0.4, -0.2) is 26.3 Å². The number of aryl methyl sites for hydroxylation is 1. The zero-order valence-corrected chi connectivity index (χ0v) is 23.9. The van der Waals surface area contributed by atoms with Crippen molar-refractivity contribution < 1.29 is 8.53 Å². The van der Waals surface area contributed by atoms with Gasteiger partial charge in [0, 0.05) is 0 Å². The number of pyridine rings is 1. The molecule has 0 bridgehead atoms. The first kappa shape index (κ1) is 19.7. The van der Waals surface area contributed by atoms with Gasteiger partial charge in [0.2, 0.25) is 0 Å². The van der Waals surface area contributed by atoms with Gasteiger partial charge < -0.3 is 0 Å². The molecule has 0 radical (unpaired) electrons. The summed E-state index contributed by atoms with van der Waals surface area (Å²) in [5.74, 6) is 7.13. The van der Waals surface area contributed by atoms with Gasteiger partial charge in [-0.1, -0.05) is 49.1 Å². The quantitative estimate of drug-likeness (QED) is 0.224. The Morgan fingerprint density at radius 2 is 1.53 bits per heavy atom. The van der Waals surface area contributed by atoms with Crippen molar-refractivity contribution in [2.75, 3.05) is 0 Å². The van der Waals surface area contributed by atoms with Gasteiger partial charge in [0.1, 0.15) is 0 Å². The maximum atomic E-state index is 8.25. The number of hydrogen-bond acceptors (Lipinski definition) is 2. The summed E-state index contributed by atoms with van der Waals surface area (Å²) in [4.78, 5) is 4.72. The predicted molar refractivity (Wildman–Crippen MR) is 153 cm³/mol. The van der Waals surface area contributed by atoms with E-state index < -0.39 is 28.2 Å². The molecule has 5 rings (SSSR count). The number of rotatable bonds is 4. The molecule has 5 aromatic rings. The minimum atomic E-state index is -2.26. The molecule has 0 spiro atoms. The minimum absolute atomic E-state index is 0.317. The standard InChI is InChI=1S/C30H33GeNOSi/c1-20-16-28(32-19-27(20)21-8-12-24(13-9-21)34(5,6)7)22-10-15-29-26(17-22)25-14-11-23(31(2,3)4)18-30(25)33-29/h8-19H,1-7H3/i1D3. The molecule has 3 aromatic carbocycles. The molecule has 2 heterocycles. The van der Waals surface area contributed by atoms with Crippen LogP contribution in [0.2, 0.25) is 36.9 Å². The van der Waals surface area contributed by atoms with Crippen molar-refractivity contribution in [1.82, 2.24) is 4.98 Å². The van der Waals surface area contributed by atoms with Gasteiger partial charge >= 0.3 is 154 Å². The fourth-order valence-electron chi connectivity index (χ4n) is 4.40. The Bertz CT molecular complexity index is 1620. The molecule has 2 nitrogen and oxygen atoms in total. The second-order valence-electron chi connectivity index (χ2n) is 11.2. The maximum absolute atomic E-state index is 8.25. The van der Waals surface area contributed by atoms with Crippen molar-refractivity contribution in [3.05, 3.63) is 78.5 Å².